The molecule has 0 unspecified atom stereocenters. The van der Waals surface area contributed by atoms with E-state index in [1.807, 2.05) is 6.07 Å². The number of carbonyl (C=O) groups excluding carboxylic acids is 1. The second-order valence-electron chi connectivity index (χ2n) is 3.20. The lowest BCUT2D eigenvalue weighted by molar-refractivity contribution is -0.123. The van der Waals surface area contributed by atoms with E-state index in [0.717, 1.165) is 25.8 Å². The van der Waals surface area contributed by atoms with E-state index in [9.17, 15) is 4.79 Å². The Morgan fingerprint density at radius 2 is 2.46 bits per heavy atom. The number of nitriles is 1. The van der Waals surface area contributed by atoms with E-state index in [-0.39, 0.29) is 11.9 Å². The molecule has 0 spiro atoms. The fraction of sp³-hybridized carbons (Fsp3) is 0.778. The van der Waals surface area contributed by atoms with Crippen molar-refractivity contribution >= 4 is 5.91 Å². The van der Waals surface area contributed by atoms with Crippen LogP contribution in [0, 0.1) is 11.3 Å². The third-order valence-corrected chi connectivity index (χ3v) is 2.16. The van der Waals surface area contributed by atoms with Crippen molar-refractivity contribution in [1.29, 1.82) is 5.26 Å². The zero-order chi connectivity index (χ0) is 9.52. The molecule has 0 saturated carbocycles. The summed E-state index contributed by atoms with van der Waals surface area (Å²) in [5, 5.41) is 14.2. The van der Waals surface area contributed by atoms with Gasteiger partial charge in [-0.2, -0.15) is 5.26 Å². The molecule has 1 saturated heterocycles. The predicted octanol–water partition coefficient (Wildman–Crippen LogP) is 0.158. The molecule has 0 aromatic rings. The first-order valence-electron chi connectivity index (χ1n) is 4.72. The maximum absolute atomic E-state index is 11.4. The molecule has 0 aromatic heterocycles. The first kappa shape index (κ1) is 10.0. The number of rotatable bonds is 3. The average molecular weight is 181 g/mol. The Kier molecular flexibility index (Phi) is 4.27. The molecular weight excluding hydrogens is 166 g/mol. The molecular formula is C9H15N3O. The van der Waals surface area contributed by atoms with Gasteiger partial charge in [0.05, 0.1) is 18.5 Å². The zero-order valence-corrected chi connectivity index (χ0v) is 7.68. The lowest BCUT2D eigenvalue weighted by Crippen LogP contribution is -2.46. The number of nitrogens with one attached hydrogen (secondary N) is 2. The van der Waals surface area contributed by atoms with Crippen molar-refractivity contribution in [2.45, 2.75) is 31.7 Å². The molecule has 1 heterocycles. The van der Waals surface area contributed by atoms with Crippen molar-refractivity contribution in [3.63, 3.8) is 0 Å². The van der Waals surface area contributed by atoms with Crippen molar-refractivity contribution in [3.8, 4) is 6.07 Å². The number of hydrogen-bond donors (Lipinski definition) is 2. The van der Waals surface area contributed by atoms with Crippen molar-refractivity contribution in [2.24, 2.45) is 0 Å². The lowest BCUT2D eigenvalue weighted by Gasteiger charge is -2.22. The Morgan fingerprint density at radius 1 is 1.62 bits per heavy atom. The molecule has 4 heteroatoms. The number of piperidine rings is 1. The average Bonchev–Trinajstić information content (AvgIpc) is 2.19. The number of amides is 1. The van der Waals surface area contributed by atoms with Crippen LogP contribution < -0.4 is 10.6 Å². The quantitative estimate of drug-likeness (QED) is 0.609. The summed E-state index contributed by atoms with van der Waals surface area (Å²) >= 11 is 0. The Bertz CT molecular complexity index is 203. The van der Waals surface area contributed by atoms with Crippen molar-refractivity contribution in [1.82, 2.24) is 10.6 Å². The molecule has 0 aliphatic carbocycles. The van der Waals surface area contributed by atoms with E-state index in [2.05, 4.69) is 10.6 Å². The third-order valence-electron chi connectivity index (χ3n) is 2.16. The van der Waals surface area contributed by atoms with Crippen LogP contribution in [0.25, 0.3) is 0 Å². The highest BCUT2D eigenvalue weighted by Gasteiger charge is 2.19. The molecule has 0 bridgehead atoms. The number of hydrogen-bond acceptors (Lipinski definition) is 3. The van der Waals surface area contributed by atoms with Gasteiger partial charge in [-0.25, -0.2) is 0 Å². The van der Waals surface area contributed by atoms with Gasteiger partial charge >= 0.3 is 0 Å². The molecule has 1 atom stereocenters. The highest BCUT2D eigenvalue weighted by Crippen LogP contribution is 2.06. The topological polar surface area (TPSA) is 64.9 Å². The standard InChI is InChI=1S/C9H15N3O/c10-5-3-7-12-9(13)8-4-1-2-6-11-8/h8,11H,1-4,6-7H2,(H,12,13)/t8-/m1/s1. The summed E-state index contributed by atoms with van der Waals surface area (Å²) < 4.78 is 0. The Labute approximate surface area is 78.3 Å². The molecule has 72 valence electrons. The van der Waals surface area contributed by atoms with E-state index in [1.165, 1.54) is 0 Å². The van der Waals surface area contributed by atoms with E-state index in [0.29, 0.717) is 13.0 Å². The molecule has 1 fully saturated rings. The van der Waals surface area contributed by atoms with E-state index in [4.69, 9.17) is 5.26 Å². The van der Waals surface area contributed by atoms with Crippen LogP contribution in [-0.2, 0) is 4.79 Å². The van der Waals surface area contributed by atoms with Gasteiger partial charge in [0.15, 0.2) is 0 Å². The normalized spacial score (nSPS) is 21.9. The first-order valence-corrected chi connectivity index (χ1v) is 4.72. The fourth-order valence-corrected chi connectivity index (χ4v) is 1.44. The van der Waals surface area contributed by atoms with E-state index < -0.39 is 0 Å². The van der Waals surface area contributed by atoms with Crippen LogP contribution in [0.5, 0.6) is 0 Å². The lowest BCUT2D eigenvalue weighted by atomic mass is 10.0. The van der Waals surface area contributed by atoms with Crippen molar-refractivity contribution in [3.05, 3.63) is 0 Å². The van der Waals surface area contributed by atoms with Crippen molar-refractivity contribution in [2.75, 3.05) is 13.1 Å². The van der Waals surface area contributed by atoms with Crippen LogP contribution in [0.3, 0.4) is 0 Å². The van der Waals surface area contributed by atoms with Gasteiger partial charge in [0, 0.05) is 6.54 Å². The summed E-state index contributed by atoms with van der Waals surface area (Å²) in [7, 11) is 0. The fourth-order valence-electron chi connectivity index (χ4n) is 1.44. The second kappa shape index (κ2) is 5.55. The van der Waals surface area contributed by atoms with Gasteiger partial charge in [-0.3, -0.25) is 4.79 Å². The molecule has 1 rings (SSSR count). The Hall–Kier alpha value is -1.08. The molecule has 4 nitrogen and oxygen atoms in total. The molecule has 1 amide bonds. The van der Waals surface area contributed by atoms with Gasteiger partial charge in [0.25, 0.3) is 0 Å². The van der Waals surface area contributed by atoms with Gasteiger partial charge in [0.1, 0.15) is 0 Å². The molecule has 13 heavy (non-hydrogen) atoms. The second-order valence-corrected chi connectivity index (χ2v) is 3.20. The predicted molar refractivity (Wildman–Crippen MR) is 48.9 cm³/mol. The van der Waals surface area contributed by atoms with Gasteiger partial charge < -0.3 is 10.6 Å². The zero-order valence-electron chi connectivity index (χ0n) is 7.68. The minimum absolute atomic E-state index is 0.0348. The number of nitrogens with zero attached hydrogens (tertiary/aromatic N) is 1. The molecule has 1 aliphatic heterocycles. The van der Waals surface area contributed by atoms with Crippen LogP contribution in [0.2, 0.25) is 0 Å². The van der Waals surface area contributed by atoms with Crippen LogP contribution >= 0.6 is 0 Å². The first-order chi connectivity index (χ1) is 6.34. The summed E-state index contributed by atoms with van der Waals surface area (Å²) in [6.07, 6.45) is 3.57. The summed E-state index contributed by atoms with van der Waals surface area (Å²) in [5.74, 6) is 0.0370. The van der Waals surface area contributed by atoms with Crippen LogP contribution in [0.1, 0.15) is 25.7 Å². The van der Waals surface area contributed by atoms with Crippen LogP contribution in [0.4, 0.5) is 0 Å². The smallest absolute Gasteiger partial charge is 0.237 e. The van der Waals surface area contributed by atoms with Gasteiger partial charge in [-0.05, 0) is 19.4 Å². The van der Waals surface area contributed by atoms with Gasteiger partial charge in [0.2, 0.25) is 5.91 Å². The molecule has 0 aromatic carbocycles. The van der Waals surface area contributed by atoms with Crippen LogP contribution in [0.15, 0.2) is 0 Å². The van der Waals surface area contributed by atoms with E-state index in [1.54, 1.807) is 0 Å². The maximum Gasteiger partial charge on any atom is 0.237 e. The van der Waals surface area contributed by atoms with Crippen LogP contribution in [-0.4, -0.2) is 25.0 Å². The summed E-state index contributed by atoms with van der Waals surface area (Å²) in [5.41, 5.74) is 0. The minimum atomic E-state index is -0.0348. The largest absolute Gasteiger partial charge is 0.354 e. The highest BCUT2D eigenvalue weighted by molar-refractivity contribution is 5.81. The Morgan fingerprint density at radius 3 is 3.08 bits per heavy atom. The van der Waals surface area contributed by atoms with Crippen molar-refractivity contribution < 1.29 is 4.79 Å². The number of carbonyl (C=O) groups is 1. The molecule has 0 radical (unpaired) electrons. The molecule has 1 aliphatic rings. The summed E-state index contributed by atoms with van der Waals surface area (Å²) in [4.78, 5) is 11.4. The van der Waals surface area contributed by atoms with Gasteiger partial charge in [-0.15, -0.1) is 0 Å². The SMILES string of the molecule is N#CCCNC(=O)[C@H]1CCCCN1. The summed E-state index contributed by atoms with van der Waals surface area (Å²) in [6, 6.07) is 1.96. The highest BCUT2D eigenvalue weighted by atomic mass is 16.2. The van der Waals surface area contributed by atoms with E-state index >= 15 is 0 Å². The third kappa shape index (κ3) is 3.43. The summed E-state index contributed by atoms with van der Waals surface area (Å²) in [6.45, 7) is 1.39. The maximum atomic E-state index is 11.4. The molecule has 2 N–H and O–H groups in total. The Balaban J connectivity index is 2.18. The van der Waals surface area contributed by atoms with Gasteiger partial charge in [-0.1, -0.05) is 6.42 Å². The monoisotopic (exact) mass is 181 g/mol. The minimum Gasteiger partial charge on any atom is -0.354 e.